The molecule has 376 valence electrons. The molecule has 12 aromatic carbocycles. The van der Waals surface area contributed by atoms with Crippen molar-refractivity contribution >= 4 is 86.7 Å². The average Bonchev–Trinajstić information content (AvgIpc) is 2.19. The highest BCUT2D eigenvalue weighted by molar-refractivity contribution is 7.22. The van der Waals surface area contributed by atoms with E-state index in [1.807, 2.05) is 0 Å². The van der Waals surface area contributed by atoms with Gasteiger partial charge < -0.3 is 9.13 Å². The molecule has 0 amide bonds. The monoisotopic (exact) mass is 1060 g/mol. The third-order valence-corrected chi connectivity index (χ3v) is 19.6. The van der Waals surface area contributed by atoms with Gasteiger partial charge in [0.05, 0.1) is 47.9 Å². The Hall–Kier alpha value is -9.98. The second-order valence-electron chi connectivity index (χ2n) is 21.6. The predicted octanol–water partition coefficient (Wildman–Crippen LogP) is 20.1. The smallest absolute Gasteiger partial charge is 0.124 e. The summed E-state index contributed by atoms with van der Waals surface area (Å²) in [5.74, 6) is 0. The van der Waals surface area contributed by atoms with Crippen molar-refractivity contribution in [3.63, 3.8) is 0 Å². The van der Waals surface area contributed by atoms with Gasteiger partial charge in [-0.1, -0.05) is 158 Å². The molecule has 0 fully saturated rings. The van der Waals surface area contributed by atoms with Crippen LogP contribution in [-0.4, -0.2) is 19.1 Å². The first-order valence-corrected chi connectivity index (χ1v) is 29.2. The molecule has 4 nitrogen and oxygen atoms in total. The fourth-order valence-electron chi connectivity index (χ4n) is 13.9. The summed E-state index contributed by atoms with van der Waals surface area (Å²) in [5.41, 5.74) is 25.7. The maximum atomic E-state index is 5.13. The molecule has 0 N–H and O–H groups in total. The summed E-state index contributed by atoms with van der Waals surface area (Å²) in [6.07, 6.45) is 0. The Morgan fingerprint density at radius 2 is 0.630 bits per heavy atom. The van der Waals surface area contributed by atoms with E-state index in [0.717, 1.165) is 54.6 Å². The van der Waals surface area contributed by atoms with Crippen LogP contribution in [0.1, 0.15) is 22.3 Å². The number of benzene rings is 12. The molecule has 2 aliphatic carbocycles. The van der Waals surface area contributed by atoms with Crippen molar-refractivity contribution in [1.29, 1.82) is 0 Å². The Labute approximate surface area is 474 Å². The van der Waals surface area contributed by atoms with Crippen molar-refractivity contribution in [3.05, 3.63) is 289 Å². The maximum Gasteiger partial charge on any atom is 0.124 e. The number of rotatable bonds is 6. The maximum absolute atomic E-state index is 5.13. The zero-order valence-corrected chi connectivity index (χ0v) is 45.1. The summed E-state index contributed by atoms with van der Waals surface area (Å²) in [4.78, 5) is 10.3. The lowest BCUT2D eigenvalue weighted by Gasteiger charge is -2.31. The van der Waals surface area contributed by atoms with Crippen molar-refractivity contribution in [2.45, 2.75) is 5.41 Å². The molecule has 4 aromatic heterocycles. The Balaban J connectivity index is 0.864. The van der Waals surface area contributed by atoms with Gasteiger partial charge in [0.2, 0.25) is 0 Å². The molecule has 81 heavy (non-hydrogen) atoms. The molecule has 2 aliphatic rings. The number of para-hydroxylation sites is 2. The third-order valence-electron chi connectivity index (χ3n) is 17.4. The second kappa shape index (κ2) is 17.0. The van der Waals surface area contributed by atoms with Gasteiger partial charge in [0, 0.05) is 44.0 Å². The van der Waals surface area contributed by atoms with Gasteiger partial charge in [-0.25, -0.2) is 9.97 Å². The van der Waals surface area contributed by atoms with Crippen LogP contribution >= 0.6 is 22.7 Å². The summed E-state index contributed by atoms with van der Waals surface area (Å²) >= 11 is 3.51. The van der Waals surface area contributed by atoms with E-state index in [1.54, 1.807) is 22.7 Å². The summed E-state index contributed by atoms with van der Waals surface area (Å²) in [6, 6.07) is 99.2. The van der Waals surface area contributed by atoms with Gasteiger partial charge in [0.15, 0.2) is 0 Å². The minimum Gasteiger partial charge on any atom is -0.309 e. The van der Waals surface area contributed by atoms with E-state index in [2.05, 4.69) is 276 Å². The van der Waals surface area contributed by atoms with E-state index >= 15 is 0 Å². The molecule has 0 radical (unpaired) electrons. The molecular formula is C75H44N4S2. The topological polar surface area (TPSA) is 35.6 Å². The van der Waals surface area contributed by atoms with E-state index in [4.69, 9.17) is 9.97 Å². The molecule has 0 saturated carbocycles. The lowest BCUT2D eigenvalue weighted by Crippen LogP contribution is -2.26. The highest BCUT2D eigenvalue weighted by Gasteiger charge is 2.52. The van der Waals surface area contributed by atoms with Gasteiger partial charge in [0.1, 0.15) is 10.0 Å². The second-order valence-corrected chi connectivity index (χ2v) is 23.7. The molecule has 1 spiro atoms. The summed E-state index contributed by atoms with van der Waals surface area (Å²) in [5, 5.41) is 6.88. The number of thiazole rings is 2. The van der Waals surface area contributed by atoms with Gasteiger partial charge in [-0.15, -0.1) is 22.7 Å². The fraction of sp³-hybridized carbons (Fsp3) is 0.0133. The van der Waals surface area contributed by atoms with Gasteiger partial charge in [-0.3, -0.25) is 0 Å². The minimum atomic E-state index is -0.609. The van der Waals surface area contributed by atoms with Crippen LogP contribution in [0, 0.1) is 0 Å². The molecule has 0 saturated heterocycles. The standard InChI is InChI=1S/C75H44N4S2/c1-3-15-45(16-4-1)47-27-35-67-57(39-47)59-41-49(73-76-65-23-11-13-25-71(65)80-73)29-37-69(59)78(67)51-31-33-55-56-34-32-52(44-64(56)75(63(55)43-51)61-21-9-7-19-53(61)54-20-8-10-22-62(54)75)79-68-36-28-48(46-17-5-2-6-18-46)40-58(68)60-42-50(30-38-70(60)79)74-77-66-24-12-14-26-72(66)81-74/h1-44H. The van der Waals surface area contributed by atoms with Crippen molar-refractivity contribution in [2.75, 3.05) is 0 Å². The largest absolute Gasteiger partial charge is 0.309 e. The molecule has 0 bridgehead atoms. The minimum absolute atomic E-state index is 0.609. The molecule has 0 unspecified atom stereocenters. The van der Waals surface area contributed by atoms with Crippen LogP contribution in [0.25, 0.3) is 141 Å². The van der Waals surface area contributed by atoms with E-state index in [-0.39, 0.29) is 0 Å². The first-order chi connectivity index (χ1) is 40.1. The average molecular weight is 1070 g/mol. The molecule has 6 heteroatoms. The predicted molar refractivity (Wildman–Crippen MR) is 340 cm³/mol. The van der Waals surface area contributed by atoms with Crippen molar-refractivity contribution in [2.24, 2.45) is 0 Å². The van der Waals surface area contributed by atoms with Crippen LogP contribution < -0.4 is 0 Å². The number of hydrogen-bond acceptors (Lipinski definition) is 4. The first kappa shape index (κ1) is 44.9. The van der Waals surface area contributed by atoms with Crippen molar-refractivity contribution < 1.29 is 0 Å². The number of hydrogen-bond donors (Lipinski definition) is 0. The number of aromatic nitrogens is 4. The van der Waals surface area contributed by atoms with E-state index in [1.165, 1.54) is 109 Å². The summed E-state index contributed by atoms with van der Waals surface area (Å²) in [7, 11) is 0. The van der Waals surface area contributed by atoms with Crippen LogP contribution in [0.15, 0.2) is 267 Å². The number of nitrogens with zero attached hydrogens (tertiary/aromatic N) is 4. The fourth-order valence-corrected chi connectivity index (χ4v) is 15.8. The van der Waals surface area contributed by atoms with Crippen LogP contribution in [-0.2, 0) is 5.41 Å². The number of fused-ring (bicyclic) bond motifs is 18. The Bertz CT molecular complexity index is 4910. The van der Waals surface area contributed by atoms with Crippen molar-refractivity contribution in [1.82, 2.24) is 19.1 Å². The lowest BCUT2D eigenvalue weighted by molar-refractivity contribution is 0.791. The van der Waals surface area contributed by atoms with Gasteiger partial charge >= 0.3 is 0 Å². The molecular weight excluding hydrogens is 1020 g/mol. The zero-order valence-electron chi connectivity index (χ0n) is 43.5. The molecule has 0 aliphatic heterocycles. The molecule has 0 atom stereocenters. The third kappa shape index (κ3) is 6.46. The van der Waals surface area contributed by atoms with Crippen LogP contribution in [0.2, 0.25) is 0 Å². The van der Waals surface area contributed by atoms with Gasteiger partial charge in [-0.05, 0) is 176 Å². The van der Waals surface area contributed by atoms with E-state index in [0.29, 0.717) is 0 Å². The summed E-state index contributed by atoms with van der Waals surface area (Å²) < 4.78 is 7.39. The molecule has 16 aromatic rings. The van der Waals surface area contributed by atoms with Crippen LogP contribution in [0.4, 0.5) is 0 Å². The lowest BCUT2D eigenvalue weighted by atomic mass is 9.70. The summed E-state index contributed by atoms with van der Waals surface area (Å²) in [6.45, 7) is 0. The Morgan fingerprint density at radius 3 is 1.06 bits per heavy atom. The highest BCUT2D eigenvalue weighted by Crippen LogP contribution is 2.63. The van der Waals surface area contributed by atoms with Gasteiger partial charge in [-0.2, -0.15) is 0 Å². The van der Waals surface area contributed by atoms with E-state index in [9.17, 15) is 0 Å². The van der Waals surface area contributed by atoms with E-state index < -0.39 is 5.41 Å². The quantitative estimate of drug-likeness (QED) is 0.166. The normalized spacial score (nSPS) is 13.0. The van der Waals surface area contributed by atoms with Crippen molar-refractivity contribution in [3.8, 4) is 77.0 Å². The highest BCUT2D eigenvalue weighted by atomic mass is 32.1. The van der Waals surface area contributed by atoms with Gasteiger partial charge in [0.25, 0.3) is 0 Å². The Kier molecular flexibility index (Phi) is 9.44. The van der Waals surface area contributed by atoms with Crippen LogP contribution in [0.3, 0.4) is 0 Å². The zero-order chi connectivity index (χ0) is 52.9. The SMILES string of the molecule is c1ccc(-c2ccc3c(c2)c2cc(-c4nc5ccccc5s4)ccc2n3-c2ccc3c(c2)C2(c4ccccc4-c4ccccc42)c2cc(-n4c5ccc(-c6ccccc6)cc5c5cc(-c6nc7ccccc7s6)ccc54)ccc2-3)cc1. The first-order valence-electron chi connectivity index (χ1n) is 27.6. The Morgan fingerprint density at radius 1 is 0.272 bits per heavy atom. The molecule has 18 rings (SSSR count). The van der Waals surface area contributed by atoms with Crippen LogP contribution in [0.5, 0.6) is 0 Å². The molecule has 4 heterocycles.